The van der Waals surface area contributed by atoms with Gasteiger partial charge in [-0.25, -0.2) is 10.5 Å². The molecule has 0 fully saturated rings. The SMILES string of the molecule is Cc1ccc(-n2nc(C(=O)NN)c(=O)cc2C)cc1Cl. The maximum absolute atomic E-state index is 11.7. The molecule has 104 valence electrons. The van der Waals surface area contributed by atoms with Gasteiger partial charge in [0.15, 0.2) is 5.69 Å². The van der Waals surface area contributed by atoms with E-state index in [0.29, 0.717) is 16.4 Å². The van der Waals surface area contributed by atoms with Crippen LogP contribution in [0.5, 0.6) is 0 Å². The summed E-state index contributed by atoms with van der Waals surface area (Å²) in [5.74, 6) is 4.30. The number of rotatable bonds is 2. The second-order valence-electron chi connectivity index (χ2n) is 4.32. The third-order valence-electron chi connectivity index (χ3n) is 2.85. The number of aromatic nitrogens is 2. The number of aryl methyl sites for hydroxylation is 2. The van der Waals surface area contributed by atoms with Gasteiger partial charge in [0.25, 0.3) is 5.91 Å². The molecule has 0 unspecified atom stereocenters. The topological polar surface area (TPSA) is 90.0 Å². The van der Waals surface area contributed by atoms with E-state index in [0.717, 1.165) is 5.56 Å². The minimum absolute atomic E-state index is 0.269. The number of hydrogen-bond donors (Lipinski definition) is 2. The standard InChI is InChI=1S/C13H13ClN4O2/c1-7-3-4-9(6-10(7)14)18-8(2)5-11(19)12(17-18)13(20)16-15/h3-6H,15H2,1-2H3,(H,16,20). The second kappa shape index (κ2) is 5.44. The summed E-state index contributed by atoms with van der Waals surface area (Å²) in [6.45, 7) is 3.59. The quantitative estimate of drug-likeness (QED) is 0.493. The van der Waals surface area contributed by atoms with E-state index in [1.807, 2.05) is 18.4 Å². The Morgan fingerprint density at radius 2 is 2.05 bits per heavy atom. The van der Waals surface area contributed by atoms with Crippen LogP contribution in [0.4, 0.5) is 0 Å². The predicted molar refractivity (Wildman–Crippen MR) is 76.0 cm³/mol. The largest absolute Gasteiger partial charge is 0.289 e. The van der Waals surface area contributed by atoms with Crippen molar-refractivity contribution in [3.8, 4) is 5.69 Å². The molecule has 2 aromatic rings. The molecular formula is C13H13ClN4O2. The zero-order chi connectivity index (χ0) is 14.9. The van der Waals surface area contributed by atoms with Crippen molar-refractivity contribution in [1.82, 2.24) is 15.2 Å². The molecule has 2 rings (SSSR count). The predicted octanol–water partition coefficient (Wildman–Crippen LogP) is 1.11. The highest BCUT2D eigenvalue weighted by Crippen LogP contribution is 2.19. The summed E-state index contributed by atoms with van der Waals surface area (Å²) >= 11 is 6.07. The van der Waals surface area contributed by atoms with Crippen LogP contribution in [0, 0.1) is 13.8 Å². The molecule has 3 N–H and O–H groups in total. The summed E-state index contributed by atoms with van der Waals surface area (Å²) in [7, 11) is 0. The Morgan fingerprint density at radius 3 is 2.65 bits per heavy atom. The minimum atomic E-state index is -0.734. The van der Waals surface area contributed by atoms with Crippen LogP contribution in [0.2, 0.25) is 5.02 Å². The number of benzene rings is 1. The van der Waals surface area contributed by atoms with Gasteiger partial charge in [-0.05, 0) is 31.5 Å². The van der Waals surface area contributed by atoms with Gasteiger partial charge >= 0.3 is 0 Å². The molecule has 0 aliphatic carbocycles. The summed E-state index contributed by atoms with van der Waals surface area (Å²) in [6.07, 6.45) is 0. The number of carbonyl (C=O) groups is 1. The van der Waals surface area contributed by atoms with Crippen molar-refractivity contribution in [3.05, 3.63) is 56.5 Å². The summed E-state index contributed by atoms with van der Waals surface area (Å²) in [6, 6.07) is 6.67. The average Bonchev–Trinajstić information content (AvgIpc) is 2.41. The number of nitrogens with zero attached hydrogens (tertiary/aromatic N) is 2. The summed E-state index contributed by atoms with van der Waals surface area (Å²) in [5, 5.41) is 4.61. The highest BCUT2D eigenvalue weighted by Gasteiger charge is 2.14. The van der Waals surface area contributed by atoms with Crippen LogP contribution in [0.25, 0.3) is 5.69 Å². The van der Waals surface area contributed by atoms with Crippen molar-refractivity contribution in [2.75, 3.05) is 0 Å². The molecule has 20 heavy (non-hydrogen) atoms. The van der Waals surface area contributed by atoms with Crippen LogP contribution >= 0.6 is 11.6 Å². The van der Waals surface area contributed by atoms with Crippen LogP contribution in [0.1, 0.15) is 21.7 Å². The molecule has 0 aliphatic rings. The van der Waals surface area contributed by atoms with E-state index in [2.05, 4.69) is 5.10 Å². The van der Waals surface area contributed by atoms with Gasteiger partial charge in [0.2, 0.25) is 5.43 Å². The van der Waals surface area contributed by atoms with E-state index < -0.39 is 11.3 Å². The molecular weight excluding hydrogens is 280 g/mol. The smallest absolute Gasteiger partial charge is 0.289 e. The molecule has 0 saturated heterocycles. The van der Waals surface area contributed by atoms with Gasteiger partial charge in [-0.15, -0.1) is 0 Å². The van der Waals surface area contributed by atoms with Crippen molar-refractivity contribution in [2.45, 2.75) is 13.8 Å². The minimum Gasteiger partial charge on any atom is -0.289 e. The van der Waals surface area contributed by atoms with Crippen LogP contribution in [-0.4, -0.2) is 15.7 Å². The maximum Gasteiger partial charge on any atom is 0.289 e. The fourth-order valence-corrected chi connectivity index (χ4v) is 1.92. The number of nitrogens with one attached hydrogen (secondary N) is 1. The lowest BCUT2D eigenvalue weighted by Gasteiger charge is -2.11. The number of carbonyl (C=O) groups excluding carboxylic acids is 1. The van der Waals surface area contributed by atoms with E-state index in [9.17, 15) is 9.59 Å². The molecule has 7 heteroatoms. The highest BCUT2D eigenvalue weighted by atomic mass is 35.5. The van der Waals surface area contributed by atoms with E-state index in [1.54, 1.807) is 19.1 Å². The molecule has 6 nitrogen and oxygen atoms in total. The molecule has 0 radical (unpaired) electrons. The second-order valence-corrected chi connectivity index (χ2v) is 4.72. The Labute approximate surface area is 120 Å². The van der Waals surface area contributed by atoms with E-state index in [1.165, 1.54) is 10.7 Å². The molecule has 0 spiro atoms. The van der Waals surface area contributed by atoms with Gasteiger partial charge in [0.05, 0.1) is 5.69 Å². The third kappa shape index (κ3) is 2.56. The number of hydrazine groups is 1. The van der Waals surface area contributed by atoms with Crippen molar-refractivity contribution >= 4 is 17.5 Å². The zero-order valence-corrected chi connectivity index (χ0v) is 11.7. The van der Waals surface area contributed by atoms with E-state index in [-0.39, 0.29) is 5.69 Å². The Bertz CT molecular complexity index is 740. The van der Waals surface area contributed by atoms with Gasteiger partial charge in [-0.2, -0.15) is 5.10 Å². The Kier molecular flexibility index (Phi) is 3.87. The van der Waals surface area contributed by atoms with Crippen LogP contribution in [0.3, 0.4) is 0 Å². The van der Waals surface area contributed by atoms with Gasteiger partial charge in [-0.1, -0.05) is 17.7 Å². The van der Waals surface area contributed by atoms with Crippen molar-refractivity contribution < 1.29 is 4.79 Å². The van der Waals surface area contributed by atoms with Crippen molar-refractivity contribution in [2.24, 2.45) is 5.84 Å². The number of nitrogen functional groups attached to an aromatic ring is 1. The van der Waals surface area contributed by atoms with E-state index >= 15 is 0 Å². The Morgan fingerprint density at radius 1 is 1.35 bits per heavy atom. The zero-order valence-electron chi connectivity index (χ0n) is 11.0. The lowest BCUT2D eigenvalue weighted by molar-refractivity contribution is 0.0945. The molecule has 1 amide bonds. The average molecular weight is 293 g/mol. The first-order valence-electron chi connectivity index (χ1n) is 5.82. The molecule has 0 atom stereocenters. The molecule has 1 aromatic heterocycles. The summed E-state index contributed by atoms with van der Waals surface area (Å²) in [4.78, 5) is 23.2. The van der Waals surface area contributed by atoms with Gasteiger partial charge in [-0.3, -0.25) is 15.0 Å². The third-order valence-corrected chi connectivity index (χ3v) is 3.26. The first-order valence-corrected chi connectivity index (χ1v) is 6.20. The van der Waals surface area contributed by atoms with Gasteiger partial charge in [0, 0.05) is 16.8 Å². The Balaban J connectivity index is 2.64. The Hall–Kier alpha value is -2.18. The van der Waals surface area contributed by atoms with Gasteiger partial charge in [0.1, 0.15) is 0 Å². The number of nitrogens with two attached hydrogens (primary N) is 1. The number of amides is 1. The van der Waals surface area contributed by atoms with Gasteiger partial charge < -0.3 is 0 Å². The maximum atomic E-state index is 11.7. The fraction of sp³-hybridized carbons (Fsp3) is 0.154. The number of halogens is 1. The monoisotopic (exact) mass is 292 g/mol. The molecule has 1 aromatic carbocycles. The number of hydrogen-bond acceptors (Lipinski definition) is 4. The molecule has 1 heterocycles. The normalized spacial score (nSPS) is 10.4. The van der Waals surface area contributed by atoms with Crippen LogP contribution < -0.4 is 16.7 Å². The molecule has 0 aliphatic heterocycles. The van der Waals surface area contributed by atoms with E-state index in [4.69, 9.17) is 17.4 Å². The lowest BCUT2D eigenvalue weighted by Crippen LogP contribution is -2.36. The highest BCUT2D eigenvalue weighted by molar-refractivity contribution is 6.31. The first-order chi connectivity index (χ1) is 9.43. The lowest BCUT2D eigenvalue weighted by atomic mass is 10.2. The summed E-state index contributed by atoms with van der Waals surface area (Å²) in [5.41, 5.74) is 3.31. The molecule has 0 saturated carbocycles. The van der Waals surface area contributed by atoms with Crippen LogP contribution in [-0.2, 0) is 0 Å². The van der Waals surface area contributed by atoms with Crippen molar-refractivity contribution in [3.63, 3.8) is 0 Å². The molecule has 0 bridgehead atoms. The van der Waals surface area contributed by atoms with Crippen molar-refractivity contribution in [1.29, 1.82) is 0 Å². The first kappa shape index (κ1) is 14.2. The summed E-state index contributed by atoms with van der Waals surface area (Å²) < 4.78 is 1.47. The van der Waals surface area contributed by atoms with Crippen LogP contribution in [0.15, 0.2) is 29.1 Å². The fourth-order valence-electron chi connectivity index (χ4n) is 1.75.